The molecule has 0 rings (SSSR count). The number of ether oxygens (including phenoxy) is 1. The van der Waals surface area contributed by atoms with Crippen LogP contribution in [0.25, 0.3) is 0 Å². The summed E-state index contributed by atoms with van der Waals surface area (Å²) in [5.74, 6) is -5.03. The van der Waals surface area contributed by atoms with E-state index in [0.717, 1.165) is 19.3 Å². The molecule has 0 bridgehead atoms. The number of carbonyl (C=O) groups is 4. The summed E-state index contributed by atoms with van der Waals surface area (Å²) in [4.78, 5) is 44.5. The topological polar surface area (TPSA) is 138 Å². The number of hydrogen-bond acceptors (Lipinski definition) is 5. The first kappa shape index (κ1) is 20.6. The molecule has 0 spiro atoms. The van der Waals surface area contributed by atoms with Crippen LogP contribution in [0.3, 0.4) is 0 Å². The molecule has 0 radical (unpaired) electrons. The van der Waals surface area contributed by atoms with E-state index in [4.69, 9.17) is 20.1 Å². The van der Waals surface area contributed by atoms with E-state index >= 15 is 0 Å². The molecular weight excluding hydrogens is 308 g/mol. The smallest absolute Gasteiger partial charge is 0.334 e. The molecule has 0 heterocycles. The van der Waals surface area contributed by atoms with Crippen LogP contribution < -0.4 is 0 Å². The van der Waals surface area contributed by atoms with E-state index in [1.807, 2.05) is 6.92 Å². The predicted octanol–water partition coefficient (Wildman–Crippen LogP) is 1.83. The number of unbranched alkanes of at least 4 members (excludes halogenated alkanes) is 3. The van der Waals surface area contributed by atoms with Crippen molar-refractivity contribution >= 4 is 23.9 Å². The van der Waals surface area contributed by atoms with Gasteiger partial charge in [0.1, 0.15) is 0 Å². The Kier molecular flexibility index (Phi) is 10.1. The molecule has 0 unspecified atom stereocenters. The highest BCUT2D eigenvalue weighted by Crippen LogP contribution is 2.19. The minimum absolute atomic E-state index is 0.0787. The van der Waals surface area contributed by atoms with Crippen LogP contribution in [0.1, 0.15) is 51.9 Å². The number of esters is 1. The first-order chi connectivity index (χ1) is 10.8. The number of carbonyl (C=O) groups excluding carboxylic acids is 1. The fourth-order valence-corrected chi connectivity index (χ4v) is 1.91. The van der Waals surface area contributed by atoms with Gasteiger partial charge >= 0.3 is 23.9 Å². The number of carboxylic acids is 3. The van der Waals surface area contributed by atoms with Gasteiger partial charge in [-0.05, 0) is 12.0 Å². The van der Waals surface area contributed by atoms with Crippen LogP contribution in [0.4, 0.5) is 0 Å². The summed E-state index contributed by atoms with van der Waals surface area (Å²) in [6, 6.07) is 0. The Labute approximate surface area is 133 Å². The molecule has 0 atom stereocenters. The van der Waals surface area contributed by atoms with E-state index in [2.05, 4.69) is 0 Å². The van der Waals surface area contributed by atoms with E-state index in [0.29, 0.717) is 6.42 Å². The highest BCUT2D eigenvalue weighted by atomic mass is 16.5. The van der Waals surface area contributed by atoms with Crippen molar-refractivity contribution in [2.45, 2.75) is 51.9 Å². The Balaban J connectivity index is 5.12. The van der Waals surface area contributed by atoms with Crippen molar-refractivity contribution in [3.8, 4) is 0 Å². The molecule has 0 aliphatic rings. The summed E-state index contributed by atoms with van der Waals surface area (Å²) in [6.07, 6.45) is 1.20. The van der Waals surface area contributed by atoms with Gasteiger partial charge in [0.15, 0.2) is 0 Å². The van der Waals surface area contributed by atoms with E-state index in [1.165, 1.54) is 0 Å². The molecule has 0 saturated carbocycles. The molecule has 0 aromatic heterocycles. The van der Waals surface area contributed by atoms with Gasteiger partial charge in [-0.1, -0.05) is 26.2 Å². The highest BCUT2D eigenvalue weighted by molar-refractivity contribution is 5.96. The fraction of sp³-hybridized carbons (Fsp3) is 0.600. The van der Waals surface area contributed by atoms with Crippen molar-refractivity contribution < 1.29 is 39.2 Å². The van der Waals surface area contributed by atoms with Gasteiger partial charge in [0.05, 0.1) is 25.9 Å². The van der Waals surface area contributed by atoms with Crippen molar-refractivity contribution in [2.75, 3.05) is 6.61 Å². The lowest BCUT2D eigenvalue weighted by Crippen LogP contribution is -2.17. The van der Waals surface area contributed by atoms with Crippen LogP contribution in [-0.2, 0) is 23.9 Å². The normalized spacial score (nSPS) is 9.96. The number of carboxylic acid groups (broad SMARTS) is 3. The lowest BCUT2D eigenvalue weighted by atomic mass is 9.99. The standard InChI is InChI=1S/C15H22O8/c1-2-3-4-5-6-23-15(22)11(9-14(20)21)10(7-12(16)17)8-13(18)19/h2-9H2,1H3,(H,16,17)(H,18,19)(H,20,21). The summed E-state index contributed by atoms with van der Waals surface area (Å²) in [5, 5.41) is 26.5. The zero-order valence-corrected chi connectivity index (χ0v) is 13.0. The zero-order valence-electron chi connectivity index (χ0n) is 13.0. The van der Waals surface area contributed by atoms with Crippen LogP contribution in [0.5, 0.6) is 0 Å². The second kappa shape index (κ2) is 11.2. The zero-order chi connectivity index (χ0) is 17.8. The Bertz CT molecular complexity index is 460. The maximum Gasteiger partial charge on any atom is 0.334 e. The van der Waals surface area contributed by atoms with Gasteiger partial charge in [0.25, 0.3) is 0 Å². The maximum atomic E-state index is 12.0. The molecular formula is C15H22O8. The van der Waals surface area contributed by atoms with Crippen molar-refractivity contribution in [3.05, 3.63) is 11.1 Å². The maximum absolute atomic E-state index is 12.0. The molecule has 0 aliphatic carbocycles. The summed E-state index contributed by atoms with van der Waals surface area (Å²) in [7, 11) is 0. The highest BCUT2D eigenvalue weighted by Gasteiger charge is 2.23. The Morgan fingerprint density at radius 3 is 1.74 bits per heavy atom. The van der Waals surface area contributed by atoms with Crippen LogP contribution in [0.15, 0.2) is 11.1 Å². The number of hydrogen-bond donors (Lipinski definition) is 3. The summed E-state index contributed by atoms with van der Waals surface area (Å²) >= 11 is 0. The second-order valence-electron chi connectivity index (χ2n) is 4.99. The minimum Gasteiger partial charge on any atom is -0.481 e. The molecule has 0 aliphatic heterocycles. The van der Waals surface area contributed by atoms with Crippen molar-refractivity contribution in [1.29, 1.82) is 0 Å². The van der Waals surface area contributed by atoms with Crippen LogP contribution in [0.2, 0.25) is 0 Å². The largest absolute Gasteiger partial charge is 0.481 e. The molecule has 130 valence electrons. The molecule has 0 saturated heterocycles. The Morgan fingerprint density at radius 2 is 1.30 bits per heavy atom. The molecule has 0 aromatic carbocycles. The van der Waals surface area contributed by atoms with E-state index in [1.54, 1.807) is 0 Å². The molecule has 0 fully saturated rings. The summed E-state index contributed by atoms with van der Waals surface area (Å²) in [5.41, 5.74) is -0.663. The van der Waals surface area contributed by atoms with Gasteiger partial charge in [-0.3, -0.25) is 14.4 Å². The first-order valence-electron chi connectivity index (χ1n) is 7.31. The fourth-order valence-electron chi connectivity index (χ4n) is 1.91. The first-order valence-corrected chi connectivity index (χ1v) is 7.31. The predicted molar refractivity (Wildman–Crippen MR) is 78.9 cm³/mol. The van der Waals surface area contributed by atoms with Gasteiger partial charge in [0, 0.05) is 5.57 Å². The van der Waals surface area contributed by atoms with Crippen molar-refractivity contribution in [1.82, 2.24) is 0 Å². The lowest BCUT2D eigenvalue weighted by molar-refractivity contribution is -0.143. The third-order valence-corrected chi connectivity index (χ3v) is 2.96. The van der Waals surface area contributed by atoms with Gasteiger partial charge in [-0.2, -0.15) is 0 Å². The minimum atomic E-state index is -1.36. The van der Waals surface area contributed by atoms with E-state index < -0.39 is 48.7 Å². The summed E-state index contributed by atoms with van der Waals surface area (Å²) in [6.45, 7) is 2.10. The molecule has 0 aromatic rings. The van der Waals surface area contributed by atoms with Crippen molar-refractivity contribution in [2.24, 2.45) is 0 Å². The summed E-state index contributed by atoms with van der Waals surface area (Å²) < 4.78 is 4.95. The average molecular weight is 330 g/mol. The van der Waals surface area contributed by atoms with Crippen LogP contribution >= 0.6 is 0 Å². The van der Waals surface area contributed by atoms with E-state index in [-0.39, 0.29) is 12.2 Å². The number of aliphatic carboxylic acids is 3. The van der Waals surface area contributed by atoms with E-state index in [9.17, 15) is 19.2 Å². The third-order valence-electron chi connectivity index (χ3n) is 2.96. The monoisotopic (exact) mass is 330 g/mol. The molecule has 8 nitrogen and oxygen atoms in total. The molecule has 8 heteroatoms. The molecule has 3 N–H and O–H groups in total. The van der Waals surface area contributed by atoms with Gasteiger partial charge < -0.3 is 20.1 Å². The number of rotatable bonds is 12. The van der Waals surface area contributed by atoms with Crippen LogP contribution in [0, 0.1) is 0 Å². The van der Waals surface area contributed by atoms with Crippen LogP contribution in [-0.4, -0.2) is 45.8 Å². The Morgan fingerprint density at radius 1 is 0.783 bits per heavy atom. The van der Waals surface area contributed by atoms with Gasteiger partial charge in [0.2, 0.25) is 0 Å². The Hall–Kier alpha value is -2.38. The SMILES string of the molecule is CCCCCCOC(=O)C(CC(=O)O)=C(CC(=O)O)CC(=O)O. The average Bonchev–Trinajstić information content (AvgIpc) is 2.42. The third kappa shape index (κ3) is 10.0. The second-order valence-corrected chi connectivity index (χ2v) is 4.99. The van der Waals surface area contributed by atoms with Gasteiger partial charge in [-0.15, -0.1) is 0 Å². The van der Waals surface area contributed by atoms with Gasteiger partial charge in [-0.25, -0.2) is 4.79 Å². The molecule has 23 heavy (non-hydrogen) atoms. The molecule has 0 amide bonds. The lowest BCUT2D eigenvalue weighted by Gasteiger charge is -2.11. The van der Waals surface area contributed by atoms with Crippen molar-refractivity contribution in [3.63, 3.8) is 0 Å². The quantitative estimate of drug-likeness (QED) is 0.280.